The molecule has 0 aliphatic rings. The predicted octanol–water partition coefficient (Wildman–Crippen LogP) is 3.53. The molecule has 0 amide bonds. The Balaban J connectivity index is 1.87. The minimum absolute atomic E-state index is 0.942. The average molecular weight is 244 g/mol. The van der Waals surface area contributed by atoms with Gasteiger partial charge >= 0.3 is 0 Å². The van der Waals surface area contributed by atoms with Crippen molar-refractivity contribution in [1.82, 2.24) is 9.97 Å². The summed E-state index contributed by atoms with van der Waals surface area (Å²) in [4.78, 5) is 8.96. The maximum atomic E-state index is 4.48. The van der Waals surface area contributed by atoms with Crippen molar-refractivity contribution in [2.24, 2.45) is 0 Å². The molecule has 17 heavy (non-hydrogen) atoms. The second kappa shape index (κ2) is 5.82. The number of rotatable bonds is 4. The molecule has 2 aromatic heterocycles. The number of nitrogens with zero attached hydrogens (tertiary/aromatic N) is 2. The van der Waals surface area contributed by atoms with Gasteiger partial charge in [0.1, 0.15) is 0 Å². The Labute approximate surface area is 107 Å². The summed E-state index contributed by atoms with van der Waals surface area (Å²) in [6, 6.07) is 12.3. The summed E-state index contributed by atoms with van der Waals surface area (Å²) < 4.78 is 0. The molecule has 0 aromatic carbocycles. The van der Waals surface area contributed by atoms with E-state index in [1.807, 2.05) is 37.7 Å². The monoisotopic (exact) mass is 244 g/mol. The number of hydrogen-bond acceptors (Lipinski definition) is 3. The zero-order valence-electron chi connectivity index (χ0n) is 10.2. The summed E-state index contributed by atoms with van der Waals surface area (Å²) in [7, 11) is 0. The van der Waals surface area contributed by atoms with Gasteiger partial charge < -0.3 is 0 Å². The minimum atomic E-state index is 0.942. The van der Waals surface area contributed by atoms with Crippen LogP contribution in [0.5, 0.6) is 0 Å². The first-order chi connectivity index (χ1) is 8.24. The molecule has 0 bridgehead atoms. The molecule has 0 radical (unpaired) electrons. The first kappa shape index (κ1) is 12.1. The van der Waals surface area contributed by atoms with Crippen molar-refractivity contribution in [2.75, 3.05) is 0 Å². The van der Waals surface area contributed by atoms with Crippen molar-refractivity contribution >= 4 is 11.8 Å². The Morgan fingerprint density at radius 3 is 1.71 bits per heavy atom. The van der Waals surface area contributed by atoms with Gasteiger partial charge in [0.2, 0.25) is 0 Å². The zero-order chi connectivity index (χ0) is 12.1. The highest BCUT2D eigenvalue weighted by molar-refractivity contribution is 7.97. The highest BCUT2D eigenvalue weighted by Gasteiger charge is 1.98. The smallest absolute Gasteiger partial charge is 0.0505 e. The van der Waals surface area contributed by atoms with Crippen LogP contribution >= 0.6 is 11.8 Å². The Kier molecular flexibility index (Phi) is 4.15. The Morgan fingerprint density at radius 2 is 1.29 bits per heavy atom. The van der Waals surface area contributed by atoms with Crippen molar-refractivity contribution in [3.8, 4) is 0 Å². The normalized spacial score (nSPS) is 10.5. The summed E-state index contributed by atoms with van der Waals surface area (Å²) in [5, 5.41) is 0. The van der Waals surface area contributed by atoms with Crippen molar-refractivity contribution < 1.29 is 0 Å². The van der Waals surface area contributed by atoms with E-state index >= 15 is 0 Å². The van der Waals surface area contributed by atoms with Gasteiger partial charge in [-0.2, -0.15) is 0 Å². The third kappa shape index (κ3) is 3.86. The third-order valence-corrected chi connectivity index (χ3v) is 3.39. The molecule has 2 aromatic rings. The Hall–Kier alpha value is -1.35. The second-order valence-corrected chi connectivity index (χ2v) is 5.02. The van der Waals surface area contributed by atoms with E-state index in [2.05, 4.69) is 34.2 Å². The average Bonchev–Trinajstić information content (AvgIpc) is 2.29. The molecule has 3 heteroatoms. The molecule has 2 heterocycles. The van der Waals surface area contributed by atoms with Crippen molar-refractivity contribution in [3.05, 3.63) is 59.2 Å². The van der Waals surface area contributed by atoms with E-state index in [1.165, 1.54) is 0 Å². The third-order valence-electron chi connectivity index (χ3n) is 2.39. The standard InChI is InChI=1S/C14H16N2S/c1-11-5-3-7-13(15-11)9-17-10-14-8-4-6-12(2)16-14/h3-8H,9-10H2,1-2H3. The van der Waals surface area contributed by atoms with Gasteiger partial charge in [0.25, 0.3) is 0 Å². The van der Waals surface area contributed by atoms with E-state index in [0.717, 1.165) is 34.3 Å². The zero-order valence-corrected chi connectivity index (χ0v) is 11.0. The Morgan fingerprint density at radius 1 is 0.824 bits per heavy atom. The summed E-state index contributed by atoms with van der Waals surface area (Å²) in [5.74, 6) is 1.88. The number of pyridine rings is 2. The lowest BCUT2D eigenvalue weighted by Gasteiger charge is -2.03. The van der Waals surface area contributed by atoms with Crippen LogP contribution in [0.2, 0.25) is 0 Å². The number of aromatic nitrogens is 2. The molecular formula is C14H16N2S. The molecular weight excluding hydrogens is 228 g/mol. The van der Waals surface area contributed by atoms with Gasteiger partial charge in [0.05, 0.1) is 11.4 Å². The Bertz CT molecular complexity index is 452. The van der Waals surface area contributed by atoms with E-state index in [0.29, 0.717) is 0 Å². The summed E-state index contributed by atoms with van der Waals surface area (Å²) >= 11 is 1.85. The fourth-order valence-corrected chi connectivity index (χ4v) is 2.46. The molecule has 0 saturated heterocycles. The molecule has 0 aliphatic heterocycles. The van der Waals surface area contributed by atoms with Crippen LogP contribution in [0.1, 0.15) is 22.8 Å². The van der Waals surface area contributed by atoms with Crippen LogP contribution in [-0.4, -0.2) is 9.97 Å². The molecule has 0 aliphatic carbocycles. The van der Waals surface area contributed by atoms with Crippen LogP contribution in [-0.2, 0) is 11.5 Å². The molecule has 0 unspecified atom stereocenters. The van der Waals surface area contributed by atoms with Crippen molar-refractivity contribution in [2.45, 2.75) is 25.4 Å². The van der Waals surface area contributed by atoms with Gasteiger partial charge in [0.15, 0.2) is 0 Å². The maximum absolute atomic E-state index is 4.48. The first-order valence-corrected chi connectivity index (χ1v) is 6.82. The van der Waals surface area contributed by atoms with Crippen LogP contribution in [0.15, 0.2) is 36.4 Å². The number of aryl methyl sites for hydroxylation is 2. The molecule has 2 nitrogen and oxygen atoms in total. The lowest BCUT2D eigenvalue weighted by molar-refractivity contribution is 1.09. The summed E-state index contributed by atoms with van der Waals surface area (Å²) in [6.07, 6.45) is 0. The van der Waals surface area contributed by atoms with E-state index < -0.39 is 0 Å². The van der Waals surface area contributed by atoms with Crippen molar-refractivity contribution in [1.29, 1.82) is 0 Å². The fourth-order valence-electron chi connectivity index (χ4n) is 1.62. The van der Waals surface area contributed by atoms with Gasteiger partial charge in [-0.25, -0.2) is 0 Å². The van der Waals surface area contributed by atoms with Crippen LogP contribution in [0.4, 0.5) is 0 Å². The van der Waals surface area contributed by atoms with Gasteiger partial charge in [0, 0.05) is 22.9 Å². The summed E-state index contributed by atoms with van der Waals surface area (Å²) in [5.41, 5.74) is 4.44. The van der Waals surface area contributed by atoms with Gasteiger partial charge in [-0.3, -0.25) is 9.97 Å². The second-order valence-electron chi connectivity index (χ2n) is 4.03. The number of hydrogen-bond donors (Lipinski definition) is 0. The predicted molar refractivity (Wildman–Crippen MR) is 72.9 cm³/mol. The highest BCUT2D eigenvalue weighted by Crippen LogP contribution is 2.15. The van der Waals surface area contributed by atoms with E-state index in [1.54, 1.807) is 0 Å². The van der Waals surface area contributed by atoms with Gasteiger partial charge in [-0.05, 0) is 38.1 Å². The van der Waals surface area contributed by atoms with Gasteiger partial charge in [-0.1, -0.05) is 12.1 Å². The molecule has 0 fully saturated rings. The first-order valence-electron chi connectivity index (χ1n) is 5.67. The lowest BCUT2D eigenvalue weighted by atomic mass is 10.3. The van der Waals surface area contributed by atoms with E-state index in [4.69, 9.17) is 0 Å². The number of thioether (sulfide) groups is 1. The molecule has 0 spiro atoms. The highest BCUT2D eigenvalue weighted by atomic mass is 32.2. The van der Waals surface area contributed by atoms with Crippen LogP contribution in [0, 0.1) is 13.8 Å². The molecule has 2 rings (SSSR count). The van der Waals surface area contributed by atoms with E-state index in [-0.39, 0.29) is 0 Å². The van der Waals surface area contributed by atoms with Crippen LogP contribution in [0.25, 0.3) is 0 Å². The van der Waals surface area contributed by atoms with Crippen LogP contribution in [0.3, 0.4) is 0 Å². The fraction of sp³-hybridized carbons (Fsp3) is 0.286. The molecule has 88 valence electrons. The molecule has 0 saturated carbocycles. The van der Waals surface area contributed by atoms with Crippen LogP contribution < -0.4 is 0 Å². The quantitative estimate of drug-likeness (QED) is 0.823. The molecule has 0 atom stereocenters. The SMILES string of the molecule is Cc1cccc(CSCc2cccc(C)n2)n1. The lowest BCUT2D eigenvalue weighted by Crippen LogP contribution is -1.92. The molecule has 0 N–H and O–H groups in total. The largest absolute Gasteiger partial charge is 0.257 e. The van der Waals surface area contributed by atoms with Gasteiger partial charge in [-0.15, -0.1) is 11.8 Å². The minimum Gasteiger partial charge on any atom is -0.257 e. The van der Waals surface area contributed by atoms with E-state index in [9.17, 15) is 0 Å². The topological polar surface area (TPSA) is 25.8 Å². The summed E-state index contributed by atoms with van der Waals surface area (Å²) in [6.45, 7) is 4.05. The van der Waals surface area contributed by atoms with Crippen molar-refractivity contribution in [3.63, 3.8) is 0 Å². The maximum Gasteiger partial charge on any atom is 0.0505 e.